The lowest BCUT2D eigenvalue weighted by Gasteiger charge is -2.24. The third-order valence-corrected chi connectivity index (χ3v) is 5.13. The van der Waals surface area contributed by atoms with Crippen molar-refractivity contribution < 1.29 is 23.4 Å². The van der Waals surface area contributed by atoms with Crippen LogP contribution in [0.4, 0.5) is 10.1 Å². The molecule has 1 heterocycles. The molecule has 6 nitrogen and oxygen atoms in total. The fourth-order valence-electron chi connectivity index (χ4n) is 2.89. The van der Waals surface area contributed by atoms with Crippen LogP contribution in [0.15, 0.2) is 41.8 Å². The van der Waals surface area contributed by atoms with Gasteiger partial charge in [0.05, 0.1) is 44.1 Å². The zero-order valence-electron chi connectivity index (χ0n) is 16.6. The van der Waals surface area contributed by atoms with E-state index in [9.17, 15) is 9.18 Å². The highest BCUT2D eigenvalue weighted by Crippen LogP contribution is 2.36. The number of aryl methyl sites for hydroxylation is 1. The molecule has 29 heavy (non-hydrogen) atoms. The van der Waals surface area contributed by atoms with Crippen molar-refractivity contribution in [3.05, 3.63) is 63.9 Å². The molecule has 0 fully saturated rings. The lowest BCUT2D eigenvalue weighted by atomic mass is 10.1. The minimum Gasteiger partial charge on any atom is -0.496 e. The quantitative estimate of drug-likeness (QED) is 0.569. The van der Waals surface area contributed by atoms with Gasteiger partial charge in [-0.2, -0.15) is 0 Å². The molecule has 152 valence electrons. The first-order valence-corrected chi connectivity index (χ1v) is 9.63. The number of rotatable bonds is 7. The van der Waals surface area contributed by atoms with Crippen LogP contribution in [-0.2, 0) is 6.54 Å². The van der Waals surface area contributed by atoms with E-state index in [4.69, 9.17) is 14.2 Å². The number of anilines is 1. The summed E-state index contributed by atoms with van der Waals surface area (Å²) in [5.74, 6) is 0.480. The number of amides is 1. The van der Waals surface area contributed by atoms with Crippen molar-refractivity contribution in [3.63, 3.8) is 0 Å². The summed E-state index contributed by atoms with van der Waals surface area (Å²) >= 11 is 1.50. The highest BCUT2D eigenvalue weighted by Gasteiger charge is 2.25. The molecule has 0 aliphatic heterocycles. The lowest BCUT2D eigenvalue weighted by Crippen LogP contribution is -2.31. The van der Waals surface area contributed by atoms with Gasteiger partial charge in [0.1, 0.15) is 11.6 Å². The fraction of sp³-hybridized carbons (Fsp3) is 0.238. The number of halogens is 1. The number of carbonyl (C=O) groups is 1. The molecular formula is C21H21FN2O4S. The van der Waals surface area contributed by atoms with E-state index in [2.05, 4.69) is 4.98 Å². The van der Waals surface area contributed by atoms with Gasteiger partial charge in [-0.1, -0.05) is 0 Å². The Morgan fingerprint density at radius 2 is 1.66 bits per heavy atom. The third-order valence-electron chi connectivity index (χ3n) is 4.31. The van der Waals surface area contributed by atoms with Crippen LogP contribution in [-0.4, -0.2) is 32.2 Å². The van der Waals surface area contributed by atoms with Gasteiger partial charge in [-0.25, -0.2) is 9.37 Å². The highest BCUT2D eigenvalue weighted by atomic mass is 32.1. The number of hydrogen-bond donors (Lipinski definition) is 0. The summed E-state index contributed by atoms with van der Waals surface area (Å²) < 4.78 is 29.5. The second kappa shape index (κ2) is 8.91. The summed E-state index contributed by atoms with van der Waals surface area (Å²) in [5, 5.41) is 2.79. The smallest absolute Gasteiger partial charge is 0.262 e. The molecule has 3 aromatic rings. The molecule has 0 bridgehead atoms. The standard InChI is InChI=1S/C21H21FN2O4S/c1-13-23-15(12-29-13)11-24(16-7-5-14(22)6-8-16)21(25)17-9-19(27-3)20(28-4)10-18(17)26-2/h5-10,12H,11H2,1-4H3. The van der Waals surface area contributed by atoms with Gasteiger partial charge in [0.2, 0.25) is 0 Å². The van der Waals surface area contributed by atoms with Crippen LogP contribution in [0, 0.1) is 12.7 Å². The minimum atomic E-state index is -0.380. The Labute approximate surface area is 172 Å². The molecule has 3 rings (SSSR count). The Balaban J connectivity index is 2.07. The monoisotopic (exact) mass is 416 g/mol. The van der Waals surface area contributed by atoms with Crippen molar-refractivity contribution in [1.29, 1.82) is 0 Å². The summed E-state index contributed by atoms with van der Waals surface area (Å²) in [6, 6.07) is 8.91. The molecular weight excluding hydrogens is 395 g/mol. The predicted molar refractivity (Wildman–Crippen MR) is 110 cm³/mol. The molecule has 0 aliphatic rings. The first-order valence-electron chi connectivity index (χ1n) is 8.75. The van der Waals surface area contributed by atoms with E-state index in [1.165, 1.54) is 49.7 Å². The van der Waals surface area contributed by atoms with E-state index in [0.29, 0.717) is 28.5 Å². The molecule has 0 radical (unpaired) electrons. The molecule has 0 saturated heterocycles. The van der Waals surface area contributed by atoms with Gasteiger partial charge in [-0.05, 0) is 31.2 Å². The number of hydrogen-bond acceptors (Lipinski definition) is 6. The van der Waals surface area contributed by atoms with E-state index in [1.54, 1.807) is 24.3 Å². The van der Waals surface area contributed by atoms with Gasteiger partial charge < -0.3 is 19.1 Å². The van der Waals surface area contributed by atoms with E-state index in [0.717, 1.165) is 10.7 Å². The Bertz CT molecular complexity index is 1000. The maximum Gasteiger partial charge on any atom is 0.262 e. The van der Waals surface area contributed by atoms with Crippen LogP contribution >= 0.6 is 11.3 Å². The largest absolute Gasteiger partial charge is 0.496 e. The van der Waals surface area contributed by atoms with Crippen molar-refractivity contribution in [2.45, 2.75) is 13.5 Å². The summed E-state index contributed by atoms with van der Waals surface area (Å²) in [5.41, 5.74) is 1.57. The van der Waals surface area contributed by atoms with Crippen molar-refractivity contribution in [3.8, 4) is 17.2 Å². The molecule has 1 amide bonds. The zero-order valence-corrected chi connectivity index (χ0v) is 17.4. The number of nitrogens with zero attached hydrogens (tertiary/aromatic N) is 2. The first kappa shape index (κ1) is 20.6. The molecule has 0 N–H and O–H groups in total. The van der Waals surface area contributed by atoms with Gasteiger partial charge in [-0.3, -0.25) is 4.79 Å². The van der Waals surface area contributed by atoms with Gasteiger partial charge in [0, 0.05) is 23.2 Å². The van der Waals surface area contributed by atoms with E-state index in [1.807, 2.05) is 12.3 Å². The van der Waals surface area contributed by atoms with E-state index in [-0.39, 0.29) is 18.3 Å². The fourth-order valence-corrected chi connectivity index (χ4v) is 3.49. The van der Waals surface area contributed by atoms with Gasteiger partial charge in [-0.15, -0.1) is 11.3 Å². The second-order valence-electron chi connectivity index (χ2n) is 6.13. The minimum absolute atomic E-state index is 0.228. The molecule has 0 aliphatic carbocycles. The van der Waals surface area contributed by atoms with Crippen molar-refractivity contribution in [2.75, 3.05) is 26.2 Å². The summed E-state index contributed by atoms with van der Waals surface area (Å²) in [7, 11) is 4.48. The van der Waals surface area contributed by atoms with Crippen molar-refractivity contribution in [1.82, 2.24) is 4.98 Å². The second-order valence-corrected chi connectivity index (χ2v) is 7.20. The first-order chi connectivity index (χ1) is 14.0. The summed E-state index contributed by atoms with van der Waals surface area (Å²) in [4.78, 5) is 19.5. The summed E-state index contributed by atoms with van der Waals surface area (Å²) in [6.07, 6.45) is 0. The topological polar surface area (TPSA) is 60.9 Å². The number of carbonyl (C=O) groups excluding carboxylic acids is 1. The SMILES string of the molecule is COc1cc(OC)c(C(=O)N(Cc2csc(C)n2)c2ccc(F)cc2)cc1OC. The molecule has 2 aromatic carbocycles. The maximum atomic E-state index is 13.5. The maximum absolute atomic E-state index is 13.5. The van der Waals surface area contributed by atoms with Crippen LogP contribution in [0.5, 0.6) is 17.2 Å². The third kappa shape index (κ3) is 4.48. The summed E-state index contributed by atoms with van der Waals surface area (Å²) in [6.45, 7) is 2.13. The van der Waals surface area contributed by atoms with Crippen LogP contribution in [0.25, 0.3) is 0 Å². The predicted octanol–water partition coefficient (Wildman–Crippen LogP) is 4.46. The number of aromatic nitrogens is 1. The number of methoxy groups -OCH3 is 3. The van der Waals surface area contributed by atoms with Crippen molar-refractivity contribution >= 4 is 22.9 Å². The Morgan fingerprint density at radius 1 is 1.03 bits per heavy atom. The van der Waals surface area contributed by atoms with Crippen LogP contribution < -0.4 is 19.1 Å². The molecule has 0 atom stereocenters. The van der Waals surface area contributed by atoms with Gasteiger partial charge in [0.15, 0.2) is 11.5 Å². The lowest BCUT2D eigenvalue weighted by molar-refractivity contribution is 0.0981. The molecule has 8 heteroatoms. The Hall–Kier alpha value is -3.13. The molecule has 0 spiro atoms. The van der Waals surface area contributed by atoms with Gasteiger partial charge >= 0.3 is 0 Å². The van der Waals surface area contributed by atoms with Crippen LogP contribution in [0.1, 0.15) is 21.1 Å². The highest BCUT2D eigenvalue weighted by molar-refractivity contribution is 7.09. The average molecular weight is 416 g/mol. The zero-order chi connectivity index (χ0) is 21.0. The molecule has 0 unspecified atom stereocenters. The Kier molecular flexibility index (Phi) is 6.33. The van der Waals surface area contributed by atoms with E-state index >= 15 is 0 Å². The van der Waals surface area contributed by atoms with Gasteiger partial charge in [0.25, 0.3) is 5.91 Å². The van der Waals surface area contributed by atoms with E-state index < -0.39 is 0 Å². The average Bonchev–Trinajstić information content (AvgIpc) is 3.16. The van der Waals surface area contributed by atoms with Crippen LogP contribution in [0.2, 0.25) is 0 Å². The Morgan fingerprint density at radius 3 is 2.21 bits per heavy atom. The number of ether oxygens (including phenoxy) is 3. The normalized spacial score (nSPS) is 10.5. The molecule has 0 saturated carbocycles. The number of benzene rings is 2. The van der Waals surface area contributed by atoms with Crippen molar-refractivity contribution in [2.24, 2.45) is 0 Å². The molecule has 1 aromatic heterocycles. The van der Waals surface area contributed by atoms with Crippen LogP contribution in [0.3, 0.4) is 0 Å². The number of thiazole rings is 1.